The molecular formula is C14H26N4. The summed E-state index contributed by atoms with van der Waals surface area (Å²) in [6.45, 7) is 7.29. The normalized spacial score (nSPS) is 12.8. The lowest BCUT2D eigenvalue weighted by Crippen LogP contribution is -2.30. The highest BCUT2D eigenvalue weighted by atomic mass is 15.2. The molecule has 1 atom stereocenters. The molecule has 0 spiro atoms. The van der Waals surface area contributed by atoms with Crippen molar-refractivity contribution in [2.45, 2.75) is 19.9 Å². The van der Waals surface area contributed by atoms with Crippen LogP contribution in [0.4, 0.5) is 5.82 Å². The Morgan fingerprint density at radius 1 is 1.28 bits per heavy atom. The van der Waals surface area contributed by atoms with Gasteiger partial charge in [-0.3, -0.25) is 0 Å². The molecule has 4 heteroatoms. The number of hydrogen-bond acceptors (Lipinski definition) is 4. The highest BCUT2D eigenvalue weighted by Crippen LogP contribution is 2.22. The zero-order valence-electron chi connectivity index (χ0n) is 12.3. The monoisotopic (exact) mass is 250 g/mol. The predicted octanol–water partition coefficient (Wildman–Crippen LogP) is 1.75. The van der Waals surface area contributed by atoms with Gasteiger partial charge >= 0.3 is 0 Å². The molecule has 0 amide bonds. The van der Waals surface area contributed by atoms with Gasteiger partial charge < -0.3 is 15.1 Å². The van der Waals surface area contributed by atoms with Gasteiger partial charge in [-0.25, -0.2) is 4.98 Å². The highest BCUT2D eigenvalue weighted by Gasteiger charge is 2.13. The van der Waals surface area contributed by atoms with Gasteiger partial charge in [0, 0.05) is 37.9 Å². The van der Waals surface area contributed by atoms with Crippen molar-refractivity contribution in [2.24, 2.45) is 0 Å². The van der Waals surface area contributed by atoms with Gasteiger partial charge in [0.1, 0.15) is 5.82 Å². The minimum absolute atomic E-state index is 0.334. The Hall–Kier alpha value is -1.13. The minimum atomic E-state index is 0.334. The van der Waals surface area contributed by atoms with Crippen LogP contribution in [0.15, 0.2) is 18.3 Å². The summed E-state index contributed by atoms with van der Waals surface area (Å²) in [5.74, 6) is 1.08. The van der Waals surface area contributed by atoms with E-state index < -0.39 is 0 Å². The minimum Gasteiger partial charge on any atom is -0.358 e. The summed E-state index contributed by atoms with van der Waals surface area (Å²) < 4.78 is 0. The smallest absolute Gasteiger partial charge is 0.133 e. The third-order valence-corrected chi connectivity index (χ3v) is 3.04. The fraction of sp³-hybridized carbons (Fsp3) is 0.643. The molecule has 18 heavy (non-hydrogen) atoms. The average Bonchev–Trinajstić information content (AvgIpc) is 2.36. The van der Waals surface area contributed by atoms with Crippen LogP contribution in [0.3, 0.4) is 0 Å². The van der Waals surface area contributed by atoms with Gasteiger partial charge in [0.05, 0.1) is 0 Å². The van der Waals surface area contributed by atoms with Crippen LogP contribution in [0.2, 0.25) is 0 Å². The fourth-order valence-corrected chi connectivity index (χ4v) is 1.94. The Balaban J connectivity index is 2.80. The molecule has 0 aliphatic rings. The number of hydrogen-bond donors (Lipinski definition) is 1. The summed E-state index contributed by atoms with van der Waals surface area (Å²) in [6, 6.07) is 4.49. The van der Waals surface area contributed by atoms with Crippen molar-refractivity contribution in [2.75, 3.05) is 45.7 Å². The first-order valence-corrected chi connectivity index (χ1v) is 6.60. The first-order valence-electron chi connectivity index (χ1n) is 6.60. The molecule has 0 saturated heterocycles. The lowest BCUT2D eigenvalue weighted by Gasteiger charge is -2.25. The molecule has 102 valence electrons. The van der Waals surface area contributed by atoms with Crippen LogP contribution in [0.25, 0.3) is 0 Å². The standard InChI is InChI=1S/C14H26N4/c1-6-15-12(2)13-8-7-9-16-14(13)18(5)11-10-17(3)4/h7-9,12,15H,6,10-11H2,1-5H3. The Morgan fingerprint density at radius 3 is 2.61 bits per heavy atom. The van der Waals surface area contributed by atoms with Crippen molar-refractivity contribution in [3.05, 3.63) is 23.9 Å². The summed E-state index contributed by atoms with van der Waals surface area (Å²) in [7, 11) is 6.29. The van der Waals surface area contributed by atoms with E-state index in [-0.39, 0.29) is 0 Å². The zero-order valence-corrected chi connectivity index (χ0v) is 12.3. The van der Waals surface area contributed by atoms with Gasteiger partial charge in [-0.2, -0.15) is 0 Å². The Bertz CT molecular complexity index is 351. The number of anilines is 1. The molecule has 0 bridgehead atoms. The summed E-state index contributed by atoms with van der Waals surface area (Å²) in [5.41, 5.74) is 1.26. The topological polar surface area (TPSA) is 31.4 Å². The Kier molecular flexibility index (Phi) is 6.09. The molecular weight excluding hydrogens is 224 g/mol. The Morgan fingerprint density at radius 2 is 2.00 bits per heavy atom. The molecule has 0 aliphatic carbocycles. The fourth-order valence-electron chi connectivity index (χ4n) is 1.94. The van der Waals surface area contributed by atoms with Gasteiger partial charge in [0.2, 0.25) is 0 Å². The van der Waals surface area contributed by atoms with Gasteiger partial charge in [-0.05, 0) is 33.6 Å². The predicted molar refractivity (Wildman–Crippen MR) is 78.2 cm³/mol. The maximum atomic E-state index is 4.53. The first-order chi connectivity index (χ1) is 8.56. The van der Waals surface area contributed by atoms with Gasteiger partial charge in [0.15, 0.2) is 0 Å². The SMILES string of the molecule is CCNC(C)c1cccnc1N(C)CCN(C)C. The summed E-state index contributed by atoms with van der Waals surface area (Å²) in [5, 5.41) is 3.44. The van der Waals surface area contributed by atoms with E-state index in [0.29, 0.717) is 6.04 Å². The maximum Gasteiger partial charge on any atom is 0.133 e. The average molecular weight is 250 g/mol. The number of rotatable bonds is 7. The van der Waals surface area contributed by atoms with Gasteiger partial charge in [-0.15, -0.1) is 0 Å². The van der Waals surface area contributed by atoms with Crippen LogP contribution >= 0.6 is 0 Å². The third-order valence-electron chi connectivity index (χ3n) is 3.04. The second kappa shape index (κ2) is 7.34. The molecule has 1 N–H and O–H groups in total. The molecule has 1 aromatic rings. The molecule has 0 radical (unpaired) electrons. The second-order valence-corrected chi connectivity index (χ2v) is 4.92. The first kappa shape index (κ1) is 14.9. The zero-order chi connectivity index (χ0) is 13.5. The van der Waals surface area contributed by atoms with Crippen molar-refractivity contribution in [3.8, 4) is 0 Å². The molecule has 1 unspecified atom stereocenters. The van der Waals surface area contributed by atoms with Crippen LogP contribution < -0.4 is 10.2 Å². The van der Waals surface area contributed by atoms with Crippen LogP contribution in [0.5, 0.6) is 0 Å². The van der Waals surface area contributed by atoms with E-state index in [4.69, 9.17) is 0 Å². The number of pyridine rings is 1. The molecule has 0 aliphatic heterocycles. The lowest BCUT2D eigenvalue weighted by atomic mass is 10.1. The molecule has 1 rings (SSSR count). The maximum absolute atomic E-state index is 4.53. The van der Waals surface area contributed by atoms with Crippen LogP contribution in [-0.2, 0) is 0 Å². The van der Waals surface area contributed by atoms with E-state index in [1.54, 1.807) is 0 Å². The van der Waals surface area contributed by atoms with E-state index in [1.165, 1.54) is 5.56 Å². The quantitative estimate of drug-likeness (QED) is 0.799. The van der Waals surface area contributed by atoms with Crippen LogP contribution in [0.1, 0.15) is 25.5 Å². The summed E-state index contributed by atoms with van der Waals surface area (Å²) in [6.07, 6.45) is 1.86. The number of aromatic nitrogens is 1. The number of likely N-dealkylation sites (N-methyl/N-ethyl adjacent to an activating group) is 2. The summed E-state index contributed by atoms with van der Waals surface area (Å²) >= 11 is 0. The number of nitrogens with one attached hydrogen (secondary N) is 1. The van der Waals surface area contributed by atoms with E-state index in [2.05, 4.69) is 61.2 Å². The van der Waals surface area contributed by atoms with E-state index in [0.717, 1.165) is 25.5 Å². The third kappa shape index (κ3) is 4.27. The molecule has 1 aromatic heterocycles. The Labute approximate surface area is 111 Å². The van der Waals surface area contributed by atoms with E-state index in [9.17, 15) is 0 Å². The van der Waals surface area contributed by atoms with E-state index >= 15 is 0 Å². The number of nitrogens with zero attached hydrogens (tertiary/aromatic N) is 3. The highest BCUT2D eigenvalue weighted by molar-refractivity contribution is 5.47. The van der Waals surface area contributed by atoms with Crippen molar-refractivity contribution >= 4 is 5.82 Å². The van der Waals surface area contributed by atoms with Gasteiger partial charge in [0.25, 0.3) is 0 Å². The van der Waals surface area contributed by atoms with Crippen LogP contribution in [-0.4, -0.2) is 50.7 Å². The lowest BCUT2D eigenvalue weighted by molar-refractivity contribution is 0.416. The van der Waals surface area contributed by atoms with Crippen molar-refractivity contribution in [3.63, 3.8) is 0 Å². The molecule has 0 saturated carbocycles. The van der Waals surface area contributed by atoms with Gasteiger partial charge in [-0.1, -0.05) is 13.0 Å². The van der Waals surface area contributed by atoms with Crippen molar-refractivity contribution in [1.29, 1.82) is 0 Å². The van der Waals surface area contributed by atoms with Crippen molar-refractivity contribution in [1.82, 2.24) is 15.2 Å². The molecule has 0 aromatic carbocycles. The van der Waals surface area contributed by atoms with E-state index in [1.807, 2.05) is 12.3 Å². The van der Waals surface area contributed by atoms with Crippen LogP contribution in [0, 0.1) is 0 Å². The molecule has 1 heterocycles. The molecule has 4 nitrogen and oxygen atoms in total. The van der Waals surface area contributed by atoms with Crippen molar-refractivity contribution < 1.29 is 0 Å². The largest absolute Gasteiger partial charge is 0.358 e. The summed E-state index contributed by atoms with van der Waals surface area (Å²) in [4.78, 5) is 8.94. The second-order valence-electron chi connectivity index (χ2n) is 4.92. The molecule has 0 fully saturated rings.